The number of hydrogen-bond donors (Lipinski definition) is 0. The SMILES string of the molecule is Cc1ccc2c(c1)N(C1CCN(C(=O)OC(C)(C)C)CC1)CC2. The van der Waals surface area contributed by atoms with Crippen LogP contribution in [0.4, 0.5) is 10.5 Å². The summed E-state index contributed by atoms with van der Waals surface area (Å²) in [6.45, 7) is 10.6. The van der Waals surface area contributed by atoms with Crippen LogP contribution in [0.2, 0.25) is 0 Å². The van der Waals surface area contributed by atoms with Gasteiger partial charge in [0.2, 0.25) is 0 Å². The largest absolute Gasteiger partial charge is 0.444 e. The maximum atomic E-state index is 12.2. The van der Waals surface area contributed by atoms with E-state index in [0.717, 1.165) is 38.9 Å². The fourth-order valence-corrected chi connectivity index (χ4v) is 3.58. The molecule has 2 aliphatic heterocycles. The number of piperidine rings is 1. The van der Waals surface area contributed by atoms with Gasteiger partial charge in [-0.05, 0) is 64.2 Å². The van der Waals surface area contributed by atoms with Crippen LogP contribution < -0.4 is 4.90 Å². The standard InChI is InChI=1S/C19H28N2O2/c1-14-5-6-15-7-12-21(17(15)13-14)16-8-10-20(11-9-16)18(22)23-19(2,3)4/h5-6,13,16H,7-12H2,1-4H3. The Kier molecular flexibility index (Phi) is 4.26. The molecule has 4 nitrogen and oxygen atoms in total. The number of rotatable bonds is 1. The molecule has 0 aromatic heterocycles. The third kappa shape index (κ3) is 3.62. The number of benzene rings is 1. The highest BCUT2D eigenvalue weighted by Gasteiger charge is 2.32. The smallest absolute Gasteiger partial charge is 0.410 e. The summed E-state index contributed by atoms with van der Waals surface area (Å²) in [4.78, 5) is 16.6. The zero-order chi connectivity index (χ0) is 16.6. The first-order valence-electron chi connectivity index (χ1n) is 8.67. The van der Waals surface area contributed by atoms with Gasteiger partial charge in [-0.3, -0.25) is 0 Å². The van der Waals surface area contributed by atoms with Crippen LogP contribution >= 0.6 is 0 Å². The van der Waals surface area contributed by atoms with Gasteiger partial charge in [0, 0.05) is 31.4 Å². The molecule has 0 saturated carbocycles. The number of hydrogen-bond acceptors (Lipinski definition) is 3. The van der Waals surface area contributed by atoms with Crippen molar-refractivity contribution in [1.29, 1.82) is 0 Å². The van der Waals surface area contributed by atoms with Crippen molar-refractivity contribution in [1.82, 2.24) is 4.90 Å². The molecule has 0 N–H and O–H groups in total. The molecule has 23 heavy (non-hydrogen) atoms. The van der Waals surface area contributed by atoms with Crippen LogP contribution in [0.5, 0.6) is 0 Å². The lowest BCUT2D eigenvalue weighted by Gasteiger charge is -2.38. The number of aryl methyl sites for hydroxylation is 1. The summed E-state index contributed by atoms with van der Waals surface area (Å²) in [5, 5.41) is 0. The minimum Gasteiger partial charge on any atom is -0.444 e. The quantitative estimate of drug-likeness (QED) is 0.791. The summed E-state index contributed by atoms with van der Waals surface area (Å²) in [7, 11) is 0. The molecule has 2 aliphatic rings. The summed E-state index contributed by atoms with van der Waals surface area (Å²) in [6, 6.07) is 7.31. The molecule has 1 saturated heterocycles. The second-order valence-electron chi connectivity index (χ2n) is 7.77. The molecule has 1 aromatic rings. The molecule has 3 rings (SSSR count). The molecule has 126 valence electrons. The van der Waals surface area contributed by atoms with E-state index in [2.05, 4.69) is 30.0 Å². The summed E-state index contributed by atoms with van der Waals surface area (Å²) in [6.07, 6.45) is 3.01. The van der Waals surface area contributed by atoms with Crippen LogP contribution in [0.1, 0.15) is 44.7 Å². The number of nitrogens with zero attached hydrogens (tertiary/aromatic N) is 2. The molecule has 0 aliphatic carbocycles. The normalized spacial score (nSPS) is 19.0. The molecule has 0 unspecified atom stereocenters. The summed E-state index contributed by atoms with van der Waals surface area (Å²) in [5.41, 5.74) is 3.77. The lowest BCUT2D eigenvalue weighted by molar-refractivity contribution is 0.0205. The summed E-state index contributed by atoms with van der Waals surface area (Å²) < 4.78 is 5.48. The van der Waals surface area contributed by atoms with Crippen LogP contribution in [0.25, 0.3) is 0 Å². The van der Waals surface area contributed by atoms with Crippen molar-refractivity contribution in [3.8, 4) is 0 Å². The maximum Gasteiger partial charge on any atom is 0.410 e. The van der Waals surface area contributed by atoms with Gasteiger partial charge >= 0.3 is 6.09 Å². The molecule has 1 aromatic carbocycles. The molecular weight excluding hydrogens is 288 g/mol. The van der Waals surface area contributed by atoms with Gasteiger partial charge in [-0.1, -0.05) is 12.1 Å². The third-order valence-corrected chi connectivity index (χ3v) is 4.73. The Morgan fingerprint density at radius 2 is 1.87 bits per heavy atom. The number of anilines is 1. The van der Waals surface area contributed by atoms with Gasteiger partial charge in [-0.15, -0.1) is 0 Å². The second kappa shape index (κ2) is 6.06. The number of carbonyl (C=O) groups excluding carboxylic acids is 1. The first kappa shape index (κ1) is 16.2. The van der Waals surface area contributed by atoms with Gasteiger partial charge in [-0.2, -0.15) is 0 Å². The predicted octanol–water partition coefficient (Wildman–Crippen LogP) is 3.76. The van der Waals surface area contributed by atoms with Gasteiger partial charge in [0.25, 0.3) is 0 Å². The first-order chi connectivity index (χ1) is 10.8. The van der Waals surface area contributed by atoms with E-state index in [1.807, 2.05) is 25.7 Å². The van der Waals surface area contributed by atoms with Gasteiger partial charge < -0.3 is 14.5 Å². The van der Waals surface area contributed by atoms with E-state index in [9.17, 15) is 4.79 Å². The van der Waals surface area contributed by atoms with Crippen molar-refractivity contribution in [3.63, 3.8) is 0 Å². The molecular formula is C19H28N2O2. The average molecular weight is 316 g/mol. The minimum absolute atomic E-state index is 0.173. The van der Waals surface area contributed by atoms with E-state index in [-0.39, 0.29) is 6.09 Å². The Hall–Kier alpha value is -1.71. The molecule has 1 amide bonds. The average Bonchev–Trinajstić information content (AvgIpc) is 2.88. The molecule has 2 heterocycles. The molecule has 0 spiro atoms. The van der Waals surface area contributed by atoms with Crippen LogP contribution in [0.15, 0.2) is 18.2 Å². The second-order valence-corrected chi connectivity index (χ2v) is 7.77. The van der Waals surface area contributed by atoms with E-state index in [0.29, 0.717) is 6.04 Å². The number of likely N-dealkylation sites (tertiary alicyclic amines) is 1. The highest BCUT2D eigenvalue weighted by Crippen LogP contribution is 2.33. The van der Waals surface area contributed by atoms with Crippen molar-refractivity contribution < 1.29 is 9.53 Å². The Morgan fingerprint density at radius 1 is 1.17 bits per heavy atom. The Morgan fingerprint density at radius 3 is 2.52 bits per heavy atom. The number of fused-ring (bicyclic) bond motifs is 1. The molecule has 0 radical (unpaired) electrons. The molecule has 4 heteroatoms. The van der Waals surface area contributed by atoms with E-state index < -0.39 is 5.60 Å². The van der Waals surface area contributed by atoms with Crippen LogP contribution in [-0.2, 0) is 11.2 Å². The van der Waals surface area contributed by atoms with E-state index in [1.54, 1.807) is 0 Å². The van der Waals surface area contributed by atoms with Crippen molar-refractivity contribution in [3.05, 3.63) is 29.3 Å². The van der Waals surface area contributed by atoms with E-state index in [1.165, 1.54) is 16.8 Å². The zero-order valence-corrected chi connectivity index (χ0v) is 14.8. The van der Waals surface area contributed by atoms with Gasteiger partial charge in [-0.25, -0.2) is 4.79 Å². The van der Waals surface area contributed by atoms with Gasteiger partial charge in [0.15, 0.2) is 0 Å². The Balaban J connectivity index is 1.61. The number of amides is 1. The number of carbonyl (C=O) groups is 1. The molecule has 0 atom stereocenters. The van der Waals surface area contributed by atoms with Crippen LogP contribution in [0.3, 0.4) is 0 Å². The fraction of sp³-hybridized carbons (Fsp3) is 0.632. The first-order valence-corrected chi connectivity index (χ1v) is 8.67. The fourth-order valence-electron chi connectivity index (χ4n) is 3.58. The summed E-state index contributed by atoms with van der Waals surface area (Å²) >= 11 is 0. The Bertz CT molecular complexity index is 584. The highest BCUT2D eigenvalue weighted by atomic mass is 16.6. The zero-order valence-electron chi connectivity index (χ0n) is 14.8. The Labute approximate surface area is 139 Å². The van der Waals surface area contributed by atoms with E-state index >= 15 is 0 Å². The highest BCUT2D eigenvalue weighted by molar-refractivity contribution is 5.68. The lowest BCUT2D eigenvalue weighted by atomic mass is 10.0. The third-order valence-electron chi connectivity index (χ3n) is 4.73. The molecule has 1 fully saturated rings. The lowest BCUT2D eigenvalue weighted by Crippen LogP contribution is -2.47. The van der Waals surface area contributed by atoms with Gasteiger partial charge in [0.1, 0.15) is 5.60 Å². The van der Waals surface area contributed by atoms with Gasteiger partial charge in [0.05, 0.1) is 0 Å². The van der Waals surface area contributed by atoms with E-state index in [4.69, 9.17) is 4.74 Å². The topological polar surface area (TPSA) is 32.8 Å². The van der Waals surface area contributed by atoms with Crippen molar-refractivity contribution in [2.45, 2.75) is 58.6 Å². The number of ether oxygens (including phenoxy) is 1. The predicted molar refractivity (Wildman–Crippen MR) is 93.1 cm³/mol. The van der Waals surface area contributed by atoms with Crippen molar-refractivity contribution >= 4 is 11.8 Å². The molecule has 0 bridgehead atoms. The van der Waals surface area contributed by atoms with Crippen molar-refractivity contribution in [2.24, 2.45) is 0 Å². The minimum atomic E-state index is -0.417. The van der Waals surface area contributed by atoms with Crippen LogP contribution in [-0.4, -0.2) is 42.3 Å². The maximum absolute atomic E-state index is 12.2. The van der Waals surface area contributed by atoms with Crippen LogP contribution in [0, 0.1) is 6.92 Å². The monoisotopic (exact) mass is 316 g/mol. The van der Waals surface area contributed by atoms with Crippen molar-refractivity contribution in [2.75, 3.05) is 24.5 Å². The summed E-state index contributed by atoms with van der Waals surface area (Å²) in [5.74, 6) is 0.